The lowest BCUT2D eigenvalue weighted by atomic mass is 10.00. The highest BCUT2D eigenvalue weighted by molar-refractivity contribution is 5.75. The second kappa shape index (κ2) is 13.5. The third kappa shape index (κ3) is 6.19. The van der Waals surface area contributed by atoms with E-state index < -0.39 is 0 Å². The molecule has 1 aliphatic heterocycles. The predicted molar refractivity (Wildman–Crippen MR) is 208 cm³/mol. The third-order valence-electron chi connectivity index (χ3n) is 9.86. The van der Waals surface area contributed by atoms with Gasteiger partial charge in [0.1, 0.15) is 6.17 Å². The van der Waals surface area contributed by atoms with Crippen LogP contribution in [0.15, 0.2) is 175 Å². The molecule has 0 fully saturated rings. The molecule has 0 saturated heterocycles. The Kier molecular flexibility index (Phi) is 8.14. The van der Waals surface area contributed by atoms with Gasteiger partial charge in [0.25, 0.3) is 0 Å². The summed E-state index contributed by atoms with van der Waals surface area (Å²) in [6.45, 7) is 0. The van der Waals surface area contributed by atoms with Crippen LogP contribution in [0.25, 0.3) is 50.6 Å². The zero-order valence-electron chi connectivity index (χ0n) is 28.3. The summed E-state index contributed by atoms with van der Waals surface area (Å²) in [5.74, 6) is 2.08. The van der Waals surface area contributed by atoms with Crippen LogP contribution in [0.1, 0.15) is 43.2 Å². The third-order valence-corrected chi connectivity index (χ3v) is 9.86. The van der Waals surface area contributed by atoms with Gasteiger partial charge in [0.15, 0.2) is 17.5 Å². The first-order valence-electron chi connectivity index (χ1n) is 17.8. The molecule has 5 nitrogen and oxygen atoms in total. The molecule has 1 atom stereocenters. The highest BCUT2D eigenvalue weighted by atomic mass is 15.3. The summed E-state index contributed by atoms with van der Waals surface area (Å²) in [6.07, 6.45) is 14.9. The van der Waals surface area contributed by atoms with Crippen molar-refractivity contribution >= 4 is 11.3 Å². The van der Waals surface area contributed by atoms with Gasteiger partial charge >= 0.3 is 0 Å². The van der Waals surface area contributed by atoms with Gasteiger partial charge in [0, 0.05) is 22.5 Å². The van der Waals surface area contributed by atoms with Crippen molar-refractivity contribution in [1.82, 2.24) is 20.3 Å². The van der Waals surface area contributed by atoms with Gasteiger partial charge in [0.05, 0.1) is 5.70 Å². The average Bonchev–Trinajstić information content (AvgIpc) is 3.62. The maximum atomic E-state index is 5.09. The fourth-order valence-corrected chi connectivity index (χ4v) is 7.26. The average molecular weight is 660 g/mol. The van der Waals surface area contributed by atoms with Crippen LogP contribution < -0.4 is 10.2 Å². The Balaban J connectivity index is 1.05. The van der Waals surface area contributed by atoms with Crippen molar-refractivity contribution in [3.05, 3.63) is 187 Å². The quantitative estimate of drug-likeness (QED) is 0.185. The Hall–Kier alpha value is -6.33. The predicted octanol–water partition coefficient (Wildman–Crippen LogP) is 10.9. The van der Waals surface area contributed by atoms with E-state index in [0.717, 1.165) is 70.5 Å². The molecule has 5 heteroatoms. The van der Waals surface area contributed by atoms with Crippen LogP contribution in [-0.4, -0.2) is 15.0 Å². The molecule has 2 heterocycles. The molecule has 3 aliphatic rings. The number of para-hydroxylation sites is 1. The van der Waals surface area contributed by atoms with Gasteiger partial charge in [-0.25, -0.2) is 15.0 Å². The van der Waals surface area contributed by atoms with Crippen LogP contribution in [-0.2, 0) is 0 Å². The highest BCUT2D eigenvalue weighted by Gasteiger charge is 2.33. The van der Waals surface area contributed by atoms with E-state index in [0.29, 0.717) is 11.6 Å². The summed E-state index contributed by atoms with van der Waals surface area (Å²) in [4.78, 5) is 17.6. The number of hydrogen-bond donors (Lipinski definition) is 1. The molecule has 0 bridgehead atoms. The molecule has 1 aromatic heterocycles. The van der Waals surface area contributed by atoms with E-state index in [9.17, 15) is 0 Å². The standard InChI is InChI=1S/C46H37N5/c1-4-14-32(15-5-1)36-18-12-20-38(30-36)44-48-43(34-16-6-2-7-17-34)49-45(50-44)39-21-13-19-37(31-39)33-26-28-35(29-27-33)46-47-41-24-10-11-25-42(41)51(46)40-22-8-3-9-23-40/h1-6,8-10,12-16,18-24,26-31,46-47H,7,11,17,25H2. The second-order valence-corrected chi connectivity index (χ2v) is 13.2. The molecule has 0 radical (unpaired) electrons. The largest absolute Gasteiger partial charge is 0.360 e. The van der Waals surface area contributed by atoms with E-state index in [-0.39, 0.29) is 6.17 Å². The molecular weight excluding hydrogens is 623 g/mol. The van der Waals surface area contributed by atoms with Crippen molar-refractivity contribution in [2.75, 3.05) is 4.90 Å². The molecule has 1 unspecified atom stereocenters. The lowest BCUT2D eigenvalue weighted by Gasteiger charge is -2.30. The molecule has 5 aromatic carbocycles. The number of hydrogen-bond acceptors (Lipinski definition) is 5. The van der Waals surface area contributed by atoms with E-state index in [1.54, 1.807) is 0 Å². The van der Waals surface area contributed by atoms with Gasteiger partial charge in [-0.3, -0.25) is 0 Å². The maximum Gasteiger partial charge on any atom is 0.164 e. The summed E-state index contributed by atoms with van der Waals surface area (Å²) in [5, 5.41) is 3.80. The molecule has 6 aromatic rings. The van der Waals surface area contributed by atoms with Crippen LogP contribution >= 0.6 is 0 Å². The van der Waals surface area contributed by atoms with Gasteiger partial charge in [-0.15, -0.1) is 0 Å². The normalized spacial score (nSPS) is 16.5. The Morgan fingerprint density at radius 2 is 1.12 bits per heavy atom. The number of nitrogens with one attached hydrogen (secondary N) is 1. The molecular formula is C46H37N5. The number of rotatable bonds is 7. The SMILES string of the molecule is C1=CCCC(c2nc(-c3cccc(-c4ccccc4)c3)nc(-c3cccc(-c4ccc(C5NC6=C(CCC=C6)N5c5ccccc5)cc4)c3)n2)=C1. The molecule has 246 valence electrons. The Labute approximate surface area is 299 Å². The van der Waals surface area contributed by atoms with Crippen LogP contribution in [0.4, 0.5) is 5.69 Å². The topological polar surface area (TPSA) is 53.9 Å². The minimum absolute atomic E-state index is 0.0342. The summed E-state index contributed by atoms with van der Waals surface area (Å²) in [6, 6.07) is 47.1. The molecule has 1 N–H and O–H groups in total. The van der Waals surface area contributed by atoms with E-state index in [1.165, 1.54) is 22.6 Å². The van der Waals surface area contributed by atoms with Gasteiger partial charge in [-0.1, -0.05) is 133 Å². The molecule has 51 heavy (non-hydrogen) atoms. The fraction of sp³-hybridized carbons (Fsp3) is 0.109. The second-order valence-electron chi connectivity index (χ2n) is 13.2. The lowest BCUT2D eigenvalue weighted by molar-refractivity contribution is 0.647. The number of aromatic nitrogens is 3. The van der Waals surface area contributed by atoms with E-state index in [2.05, 4.69) is 168 Å². The monoisotopic (exact) mass is 659 g/mol. The first-order valence-corrected chi connectivity index (χ1v) is 17.8. The van der Waals surface area contributed by atoms with Gasteiger partial charge in [-0.2, -0.15) is 0 Å². The molecule has 2 aliphatic carbocycles. The van der Waals surface area contributed by atoms with Crippen molar-refractivity contribution in [2.24, 2.45) is 0 Å². The van der Waals surface area contributed by atoms with Crippen LogP contribution in [0, 0.1) is 0 Å². The van der Waals surface area contributed by atoms with Crippen molar-refractivity contribution in [2.45, 2.75) is 31.8 Å². The lowest BCUT2D eigenvalue weighted by Crippen LogP contribution is -2.29. The highest BCUT2D eigenvalue weighted by Crippen LogP contribution is 2.40. The summed E-state index contributed by atoms with van der Waals surface area (Å²) in [7, 11) is 0. The molecule has 0 spiro atoms. The number of benzene rings is 5. The summed E-state index contributed by atoms with van der Waals surface area (Å²) >= 11 is 0. The van der Waals surface area contributed by atoms with Crippen LogP contribution in [0.2, 0.25) is 0 Å². The van der Waals surface area contributed by atoms with Crippen LogP contribution in [0.3, 0.4) is 0 Å². The Morgan fingerprint density at radius 3 is 1.78 bits per heavy atom. The van der Waals surface area contributed by atoms with Crippen molar-refractivity contribution in [3.8, 4) is 45.0 Å². The van der Waals surface area contributed by atoms with Gasteiger partial charge in [0.2, 0.25) is 0 Å². The summed E-state index contributed by atoms with van der Waals surface area (Å²) in [5.41, 5.74) is 12.6. The number of nitrogens with zero attached hydrogens (tertiary/aromatic N) is 4. The van der Waals surface area contributed by atoms with Gasteiger partial charge < -0.3 is 10.2 Å². The van der Waals surface area contributed by atoms with E-state index in [4.69, 9.17) is 15.0 Å². The molecule has 0 saturated carbocycles. The van der Waals surface area contributed by atoms with Crippen molar-refractivity contribution < 1.29 is 0 Å². The Bertz CT molecular complexity index is 2340. The smallest absolute Gasteiger partial charge is 0.164 e. The Morgan fingerprint density at radius 1 is 0.529 bits per heavy atom. The van der Waals surface area contributed by atoms with Crippen molar-refractivity contribution in [3.63, 3.8) is 0 Å². The zero-order valence-corrected chi connectivity index (χ0v) is 28.3. The number of allylic oxidation sites excluding steroid dienone is 7. The minimum atomic E-state index is 0.0342. The first kappa shape index (κ1) is 30.7. The fourth-order valence-electron chi connectivity index (χ4n) is 7.26. The zero-order chi connectivity index (χ0) is 34.0. The van der Waals surface area contributed by atoms with Crippen LogP contribution in [0.5, 0.6) is 0 Å². The summed E-state index contributed by atoms with van der Waals surface area (Å²) < 4.78 is 0. The van der Waals surface area contributed by atoms with Crippen molar-refractivity contribution in [1.29, 1.82) is 0 Å². The molecule has 9 rings (SSSR count). The molecule has 0 amide bonds. The minimum Gasteiger partial charge on any atom is -0.360 e. The van der Waals surface area contributed by atoms with E-state index in [1.807, 2.05) is 6.07 Å². The number of anilines is 1. The van der Waals surface area contributed by atoms with E-state index >= 15 is 0 Å². The van der Waals surface area contributed by atoms with Gasteiger partial charge in [-0.05, 0) is 89.4 Å². The maximum absolute atomic E-state index is 5.09. The first-order chi connectivity index (χ1) is 25.3.